The molecular weight excluding hydrogens is 348 g/mol. The number of H-pyrrole nitrogens is 1. The van der Waals surface area contributed by atoms with Gasteiger partial charge in [-0.05, 0) is 36.1 Å². The Hall–Kier alpha value is -3.74. The largest absolute Gasteiger partial charge is 0.333 e. The van der Waals surface area contributed by atoms with Crippen LogP contribution in [0.3, 0.4) is 0 Å². The molecule has 3 aromatic rings. The molecule has 1 aliphatic rings. The van der Waals surface area contributed by atoms with Gasteiger partial charge in [0.25, 0.3) is 17.4 Å². The number of nitrogens with one attached hydrogen (secondary N) is 1. The number of nitrogens with zero attached hydrogens (tertiary/aromatic N) is 1. The molecule has 2 amide bonds. The number of aromatic amines is 1. The molecule has 0 atom stereocenters. The number of pyridine rings is 1. The molecule has 1 aromatic heterocycles. The van der Waals surface area contributed by atoms with Gasteiger partial charge in [0.2, 0.25) is 0 Å². The number of amides is 2. The summed E-state index contributed by atoms with van der Waals surface area (Å²) in [5, 5.41) is 1.32. The van der Waals surface area contributed by atoms with Crippen LogP contribution in [0.25, 0.3) is 10.9 Å². The number of para-hydroxylation sites is 1. The second kappa shape index (κ2) is 6.53. The third-order valence-corrected chi connectivity index (χ3v) is 4.38. The van der Waals surface area contributed by atoms with Crippen molar-refractivity contribution in [1.82, 2.24) is 10.0 Å². The predicted octanol–water partition coefficient (Wildman–Crippen LogP) is 2.22. The number of rotatable bonds is 4. The van der Waals surface area contributed by atoms with E-state index in [0.29, 0.717) is 16.1 Å². The maximum atomic E-state index is 12.2. The van der Waals surface area contributed by atoms with Crippen LogP contribution < -0.4 is 5.56 Å². The van der Waals surface area contributed by atoms with Gasteiger partial charge in [0.15, 0.2) is 0 Å². The molecule has 0 spiro atoms. The van der Waals surface area contributed by atoms with Crippen molar-refractivity contribution in [3.63, 3.8) is 0 Å². The highest BCUT2D eigenvalue weighted by Gasteiger charge is 2.38. The minimum Gasteiger partial charge on any atom is -0.330 e. The molecule has 2 heterocycles. The van der Waals surface area contributed by atoms with Gasteiger partial charge in [-0.15, -0.1) is 0 Å². The molecule has 0 saturated heterocycles. The van der Waals surface area contributed by atoms with Crippen LogP contribution in [0, 0.1) is 0 Å². The average molecular weight is 362 g/mol. The van der Waals surface area contributed by atoms with Crippen LogP contribution in [-0.2, 0) is 16.1 Å². The summed E-state index contributed by atoms with van der Waals surface area (Å²) in [4.78, 5) is 56.3. The maximum absolute atomic E-state index is 12.2. The first-order chi connectivity index (χ1) is 13.0. The number of imide groups is 1. The van der Waals surface area contributed by atoms with E-state index in [1.807, 2.05) is 18.2 Å². The zero-order valence-corrected chi connectivity index (χ0v) is 14.1. The number of benzene rings is 2. The molecule has 4 rings (SSSR count). The van der Waals surface area contributed by atoms with Gasteiger partial charge in [0.05, 0.1) is 17.5 Å². The summed E-state index contributed by atoms with van der Waals surface area (Å²) >= 11 is 0. The SMILES string of the molecule is O=C(CCc1cc2ccccc2[nH]c1=O)ON1C(=O)c2ccccc2C1=O. The second-order valence-electron chi connectivity index (χ2n) is 6.12. The van der Waals surface area contributed by atoms with E-state index in [-0.39, 0.29) is 29.5 Å². The molecule has 0 fully saturated rings. The molecule has 0 saturated carbocycles. The Bertz CT molecular complexity index is 1110. The fourth-order valence-electron chi connectivity index (χ4n) is 3.01. The molecule has 7 nitrogen and oxygen atoms in total. The van der Waals surface area contributed by atoms with Crippen molar-refractivity contribution in [3.8, 4) is 0 Å². The van der Waals surface area contributed by atoms with E-state index in [4.69, 9.17) is 4.84 Å². The number of fused-ring (bicyclic) bond motifs is 2. The summed E-state index contributed by atoms with van der Waals surface area (Å²) < 4.78 is 0. The van der Waals surface area contributed by atoms with E-state index >= 15 is 0 Å². The second-order valence-corrected chi connectivity index (χ2v) is 6.12. The molecule has 0 bridgehead atoms. The van der Waals surface area contributed by atoms with E-state index in [9.17, 15) is 19.2 Å². The van der Waals surface area contributed by atoms with Crippen molar-refractivity contribution in [3.05, 3.63) is 81.6 Å². The number of aryl methyl sites for hydroxylation is 1. The zero-order chi connectivity index (χ0) is 19.0. The summed E-state index contributed by atoms with van der Waals surface area (Å²) in [5.74, 6) is -2.11. The molecular formula is C20H14N2O5. The highest BCUT2D eigenvalue weighted by molar-refractivity contribution is 6.20. The lowest BCUT2D eigenvalue weighted by Gasteiger charge is -2.12. The van der Waals surface area contributed by atoms with E-state index in [1.54, 1.807) is 24.3 Å². The Kier molecular flexibility index (Phi) is 4.04. The van der Waals surface area contributed by atoms with Crippen LogP contribution in [-0.4, -0.2) is 27.8 Å². The molecule has 27 heavy (non-hydrogen) atoms. The summed E-state index contributed by atoms with van der Waals surface area (Å²) in [6.07, 6.45) is -0.0169. The summed E-state index contributed by atoms with van der Waals surface area (Å²) in [7, 11) is 0. The van der Waals surface area contributed by atoms with Gasteiger partial charge in [0, 0.05) is 11.1 Å². The van der Waals surface area contributed by atoms with E-state index < -0.39 is 17.8 Å². The van der Waals surface area contributed by atoms with Crippen molar-refractivity contribution < 1.29 is 19.2 Å². The Morgan fingerprint density at radius 1 is 0.926 bits per heavy atom. The minimum atomic E-state index is -0.767. The quantitative estimate of drug-likeness (QED) is 0.718. The monoisotopic (exact) mass is 362 g/mol. The lowest BCUT2D eigenvalue weighted by atomic mass is 10.1. The topological polar surface area (TPSA) is 96.5 Å². The fourth-order valence-corrected chi connectivity index (χ4v) is 3.01. The minimum absolute atomic E-state index is 0.127. The first-order valence-corrected chi connectivity index (χ1v) is 8.34. The average Bonchev–Trinajstić information content (AvgIpc) is 2.91. The Labute approximate surface area is 153 Å². The van der Waals surface area contributed by atoms with Crippen LogP contribution in [0.4, 0.5) is 0 Å². The van der Waals surface area contributed by atoms with Crippen molar-refractivity contribution >= 4 is 28.7 Å². The first kappa shape index (κ1) is 16.7. The van der Waals surface area contributed by atoms with Crippen LogP contribution in [0.1, 0.15) is 32.7 Å². The van der Waals surface area contributed by atoms with Gasteiger partial charge in [-0.2, -0.15) is 0 Å². The number of hydrogen-bond acceptors (Lipinski definition) is 5. The Balaban J connectivity index is 1.45. The lowest BCUT2D eigenvalue weighted by Crippen LogP contribution is -2.32. The van der Waals surface area contributed by atoms with Crippen molar-refractivity contribution in [2.24, 2.45) is 0 Å². The van der Waals surface area contributed by atoms with Gasteiger partial charge >= 0.3 is 5.97 Å². The Morgan fingerprint density at radius 2 is 1.56 bits per heavy atom. The highest BCUT2D eigenvalue weighted by atomic mass is 16.7. The molecule has 134 valence electrons. The molecule has 0 unspecified atom stereocenters. The zero-order valence-electron chi connectivity index (χ0n) is 14.1. The summed E-state index contributed by atoms with van der Waals surface area (Å²) in [6.45, 7) is 0. The molecule has 1 N–H and O–H groups in total. The van der Waals surface area contributed by atoms with Crippen LogP contribution in [0.15, 0.2) is 59.4 Å². The van der Waals surface area contributed by atoms with E-state index in [2.05, 4.69) is 4.98 Å². The Morgan fingerprint density at radius 3 is 2.26 bits per heavy atom. The molecule has 1 aliphatic heterocycles. The first-order valence-electron chi connectivity index (χ1n) is 8.34. The van der Waals surface area contributed by atoms with Crippen LogP contribution in [0.2, 0.25) is 0 Å². The number of hydrogen-bond donors (Lipinski definition) is 1. The smallest absolute Gasteiger partial charge is 0.330 e. The maximum Gasteiger partial charge on any atom is 0.333 e. The van der Waals surface area contributed by atoms with Gasteiger partial charge in [-0.3, -0.25) is 14.4 Å². The standard InChI is InChI=1S/C20H14N2O5/c23-17(27-22-19(25)14-6-2-3-7-15(14)20(22)26)10-9-13-11-12-5-1-4-8-16(12)21-18(13)24/h1-8,11H,9-10H2,(H,21,24). The normalized spacial score (nSPS) is 13.1. The number of hydroxylamine groups is 2. The number of aromatic nitrogens is 1. The lowest BCUT2D eigenvalue weighted by molar-refractivity contribution is -0.168. The van der Waals surface area contributed by atoms with Crippen molar-refractivity contribution in [2.75, 3.05) is 0 Å². The fraction of sp³-hybridized carbons (Fsp3) is 0.100. The van der Waals surface area contributed by atoms with Crippen LogP contribution >= 0.6 is 0 Å². The van der Waals surface area contributed by atoms with Crippen molar-refractivity contribution in [1.29, 1.82) is 0 Å². The third kappa shape index (κ3) is 2.99. The van der Waals surface area contributed by atoms with Gasteiger partial charge < -0.3 is 9.82 Å². The number of carbonyl (C=O) groups is 3. The predicted molar refractivity (Wildman–Crippen MR) is 95.9 cm³/mol. The van der Waals surface area contributed by atoms with Gasteiger partial charge in [0.1, 0.15) is 0 Å². The number of carbonyl (C=O) groups excluding carboxylic acids is 3. The van der Waals surface area contributed by atoms with E-state index in [0.717, 1.165) is 5.39 Å². The van der Waals surface area contributed by atoms with Gasteiger partial charge in [-0.25, -0.2) is 4.79 Å². The van der Waals surface area contributed by atoms with Crippen molar-refractivity contribution in [2.45, 2.75) is 12.8 Å². The third-order valence-electron chi connectivity index (χ3n) is 4.38. The molecule has 2 aromatic carbocycles. The highest BCUT2D eigenvalue weighted by Crippen LogP contribution is 2.23. The molecule has 7 heteroatoms. The molecule has 0 aliphatic carbocycles. The van der Waals surface area contributed by atoms with Crippen LogP contribution in [0.5, 0.6) is 0 Å². The summed E-state index contributed by atoms with van der Waals surface area (Å²) in [6, 6.07) is 15.3. The van der Waals surface area contributed by atoms with E-state index in [1.165, 1.54) is 12.1 Å². The van der Waals surface area contributed by atoms with Gasteiger partial charge in [-0.1, -0.05) is 35.4 Å². The molecule has 0 radical (unpaired) electrons. The summed E-state index contributed by atoms with van der Waals surface area (Å²) in [5.41, 5.74) is 1.23.